The van der Waals surface area contributed by atoms with Gasteiger partial charge in [0.1, 0.15) is 12.4 Å². The molecule has 1 fully saturated rings. The summed E-state index contributed by atoms with van der Waals surface area (Å²) >= 11 is 6.20. The molecule has 0 saturated carbocycles. The minimum Gasteiger partial charge on any atom is -0.372 e. The SMILES string of the molecule is O=C(NCc1cc(Cl)ccc1-n1cnnn1)[C@H]1CCCN1C(=O)C1(O)c2ccccc2-c2ccccc21. The van der Waals surface area contributed by atoms with Crippen molar-refractivity contribution in [2.75, 3.05) is 6.54 Å². The second-order valence-electron chi connectivity index (χ2n) is 9.20. The van der Waals surface area contributed by atoms with E-state index in [1.165, 1.54) is 15.9 Å². The van der Waals surface area contributed by atoms with Gasteiger partial charge in [-0.05, 0) is 58.2 Å². The molecule has 9 nitrogen and oxygen atoms in total. The molecule has 0 bridgehead atoms. The highest BCUT2D eigenvalue weighted by Gasteiger charge is 2.52. The maximum absolute atomic E-state index is 14.0. The Morgan fingerprint density at radius 2 is 1.76 bits per heavy atom. The van der Waals surface area contributed by atoms with Crippen LogP contribution in [-0.2, 0) is 21.7 Å². The smallest absolute Gasteiger partial charge is 0.264 e. The van der Waals surface area contributed by atoms with E-state index in [0.717, 1.165) is 16.7 Å². The summed E-state index contributed by atoms with van der Waals surface area (Å²) in [6.07, 6.45) is 2.63. The molecule has 186 valence electrons. The molecule has 1 aliphatic heterocycles. The third kappa shape index (κ3) is 3.78. The Morgan fingerprint density at radius 1 is 1.05 bits per heavy atom. The molecule has 0 radical (unpaired) electrons. The number of carbonyl (C=O) groups excluding carboxylic acids is 2. The van der Waals surface area contributed by atoms with E-state index >= 15 is 0 Å². The van der Waals surface area contributed by atoms with Crippen molar-refractivity contribution in [3.63, 3.8) is 0 Å². The summed E-state index contributed by atoms with van der Waals surface area (Å²) in [4.78, 5) is 28.9. The van der Waals surface area contributed by atoms with Crippen LogP contribution in [0.15, 0.2) is 73.1 Å². The first-order valence-electron chi connectivity index (χ1n) is 12.0. The van der Waals surface area contributed by atoms with Crippen molar-refractivity contribution < 1.29 is 14.7 Å². The van der Waals surface area contributed by atoms with Gasteiger partial charge >= 0.3 is 0 Å². The first-order valence-corrected chi connectivity index (χ1v) is 12.4. The van der Waals surface area contributed by atoms with Crippen LogP contribution in [0.3, 0.4) is 0 Å². The van der Waals surface area contributed by atoms with Gasteiger partial charge in [-0.15, -0.1) is 5.10 Å². The Balaban J connectivity index is 1.26. The largest absolute Gasteiger partial charge is 0.372 e. The number of hydrogen-bond acceptors (Lipinski definition) is 6. The van der Waals surface area contributed by atoms with Gasteiger partial charge in [0.25, 0.3) is 5.91 Å². The van der Waals surface area contributed by atoms with Crippen molar-refractivity contribution in [1.29, 1.82) is 0 Å². The molecule has 2 heterocycles. The zero-order valence-electron chi connectivity index (χ0n) is 19.7. The van der Waals surface area contributed by atoms with Gasteiger partial charge < -0.3 is 15.3 Å². The number of aromatic nitrogens is 4. The molecule has 1 saturated heterocycles. The van der Waals surface area contributed by atoms with Crippen molar-refractivity contribution in [2.45, 2.75) is 31.0 Å². The number of benzene rings is 3. The second-order valence-corrected chi connectivity index (χ2v) is 9.64. The summed E-state index contributed by atoms with van der Waals surface area (Å²) in [5.41, 5.74) is 2.28. The van der Waals surface area contributed by atoms with Crippen molar-refractivity contribution in [2.24, 2.45) is 0 Å². The average molecular weight is 515 g/mol. The van der Waals surface area contributed by atoms with E-state index in [4.69, 9.17) is 11.6 Å². The monoisotopic (exact) mass is 514 g/mol. The van der Waals surface area contributed by atoms with Gasteiger partial charge in [-0.25, -0.2) is 4.68 Å². The Hall–Kier alpha value is -4.08. The predicted molar refractivity (Wildman–Crippen MR) is 136 cm³/mol. The van der Waals surface area contributed by atoms with E-state index in [0.29, 0.717) is 41.2 Å². The molecule has 2 N–H and O–H groups in total. The zero-order chi connectivity index (χ0) is 25.6. The van der Waals surface area contributed by atoms with Crippen molar-refractivity contribution >= 4 is 23.4 Å². The Kier molecular flexibility index (Phi) is 5.73. The molecule has 3 aromatic carbocycles. The van der Waals surface area contributed by atoms with Gasteiger partial charge in [0.2, 0.25) is 5.91 Å². The molecule has 2 amide bonds. The number of halogens is 1. The maximum Gasteiger partial charge on any atom is 0.264 e. The summed E-state index contributed by atoms with van der Waals surface area (Å²) in [5, 5.41) is 26.7. The third-order valence-electron chi connectivity index (χ3n) is 7.14. The van der Waals surface area contributed by atoms with Gasteiger partial charge in [0.05, 0.1) is 5.69 Å². The summed E-state index contributed by atoms with van der Waals surface area (Å²) in [6, 6.07) is 19.3. The maximum atomic E-state index is 14.0. The van der Waals surface area contributed by atoms with E-state index < -0.39 is 17.6 Å². The number of hydrogen-bond donors (Lipinski definition) is 2. The predicted octanol–water partition coefficient (Wildman–Crippen LogP) is 2.84. The van der Waals surface area contributed by atoms with E-state index in [2.05, 4.69) is 20.8 Å². The van der Waals surface area contributed by atoms with Crippen molar-refractivity contribution in [3.05, 3.63) is 94.8 Å². The lowest BCUT2D eigenvalue weighted by Gasteiger charge is -2.32. The quantitative estimate of drug-likeness (QED) is 0.423. The molecular weight excluding hydrogens is 492 g/mol. The minimum absolute atomic E-state index is 0.170. The van der Waals surface area contributed by atoms with Crippen LogP contribution in [-0.4, -0.2) is 54.6 Å². The Morgan fingerprint density at radius 3 is 2.43 bits per heavy atom. The number of fused-ring (bicyclic) bond motifs is 3. The lowest BCUT2D eigenvalue weighted by atomic mass is 9.89. The van der Waals surface area contributed by atoms with Gasteiger partial charge in [0, 0.05) is 29.2 Å². The lowest BCUT2D eigenvalue weighted by molar-refractivity contribution is -0.151. The van der Waals surface area contributed by atoms with Crippen LogP contribution in [0.5, 0.6) is 0 Å². The van der Waals surface area contributed by atoms with E-state index in [-0.39, 0.29) is 12.5 Å². The van der Waals surface area contributed by atoms with Crippen LogP contribution in [0.4, 0.5) is 0 Å². The first-order chi connectivity index (χ1) is 18.0. The number of carbonyl (C=O) groups is 2. The van der Waals surface area contributed by atoms with Crippen molar-refractivity contribution in [3.8, 4) is 16.8 Å². The van der Waals surface area contributed by atoms with Crippen LogP contribution < -0.4 is 5.32 Å². The Labute approximate surface area is 217 Å². The molecule has 0 unspecified atom stereocenters. The molecule has 1 atom stereocenters. The summed E-state index contributed by atoms with van der Waals surface area (Å²) in [5.74, 6) is -0.781. The highest BCUT2D eigenvalue weighted by Crippen LogP contribution is 2.48. The highest BCUT2D eigenvalue weighted by molar-refractivity contribution is 6.30. The summed E-state index contributed by atoms with van der Waals surface area (Å²) in [7, 11) is 0. The molecule has 0 spiro atoms. The van der Waals surface area contributed by atoms with E-state index in [1.807, 2.05) is 36.4 Å². The first kappa shape index (κ1) is 23.3. The Bertz CT molecular complexity index is 1460. The van der Waals surface area contributed by atoms with Crippen LogP contribution in [0.2, 0.25) is 5.02 Å². The number of likely N-dealkylation sites (tertiary alicyclic amines) is 1. The second kappa shape index (κ2) is 9.10. The van der Waals surface area contributed by atoms with Gasteiger partial charge in [-0.2, -0.15) is 0 Å². The number of rotatable bonds is 5. The van der Waals surface area contributed by atoms with E-state index in [1.54, 1.807) is 30.3 Å². The van der Waals surface area contributed by atoms with Gasteiger partial charge in [0.15, 0.2) is 5.60 Å². The average Bonchev–Trinajstić information content (AvgIpc) is 3.68. The topological polar surface area (TPSA) is 113 Å². The summed E-state index contributed by atoms with van der Waals surface area (Å²) < 4.78 is 1.49. The van der Waals surface area contributed by atoms with Crippen molar-refractivity contribution in [1.82, 2.24) is 30.4 Å². The van der Waals surface area contributed by atoms with Gasteiger partial charge in [-0.1, -0.05) is 60.1 Å². The fraction of sp³-hybridized carbons (Fsp3) is 0.222. The molecule has 6 rings (SSSR count). The van der Waals surface area contributed by atoms with Crippen LogP contribution >= 0.6 is 11.6 Å². The molecule has 2 aliphatic rings. The summed E-state index contributed by atoms with van der Waals surface area (Å²) in [6.45, 7) is 0.555. The molecule has 1 aromatic heterocycles. The number of nitrogens with one attached hydrogen (secondary N) is 1. The minimum atomic E-state index is -1.85. The fourth-order valence-corrected chi connectivity index (χ4v) is 5.62. The zero-order valence-corrected chi connectivity index (χ0v) is 20.5. The molecule has 37 heavy (non-hydrogen) atoms. The molecule has 1 aliphatic carbocycles. The highest BCUT2D eigenvalue weighted by atomic mass is 35.5. The third-order valence-corrected chi connectivity index (χ3v) is 7.38. The normalized spacial score (nSPS) is 17.4. The van der Waals surface area contributed by atoms with Gasteiger partial charge in [-0.3, -0.25) is 9.59 Å². The van der Waals surface area contributed by atoms with E-state index in [9.17, 15) is 14.7 Å². The number of amides is 2. The molecule has 10 heteroatoms. The number of nitrogens with zero attached hydrogens (tertiary/aromatic N) is 5. The van der Waals surface area contributed by atoms with Crippen LogP contribution in [0.1, 0.15) is 29.5 Å². The number of tetrazole rings is 1. The number of aliphatic hydroxyl groups is 1. The van der Waals surface area contributed by atoms with Crippen LogP contribution in [0.25, 0.3) is 16.8 Å². The fourth-order valence-electron chi connectivity index (χ4n) is 5.42. The molecule has 4 aromatic rings. The lowest BCUT2D eigenvalue weighted by Crippen LogP contribution is -2.52. The van der Waals surface area contributed by atoms with Crippen LogP contribution in [0, 0.1) is 0 Å². The molecular formula is C27H23ClN6O3. The standard InChI is InChI=1S/C27H23ClN6O3/c28-18-11-12-23(34-16-30-31-32-34)17(14-18)15-29-25(35)24-10-5-13-33(24)26(36)27(37)21-8-3-1-6-19(21)20-7-2-4-9-22(20)27/h1-4,6-9,11-12,14,16,24,37H,5,10,13,15H2,(H,29,35)/t24-/m1/s1.